The van der Waals surface area contributed by atoms with E-state index in [-0.39, 0.29) is 522 Å². The molecule has 0 amide bonds. The fourth-order valence-corrected chi connectivity index (χ4v) is 0. The molecule has 0 aliphatic rings. The number of hydrogen-bond acceptors (Lipinski definition) is 21. The van der Waals surface area contributed by atoms with Gasteiger partial charge in [-0.2, -0.15) is 0 Å². The summed E-state index contributed by atoms with van der Waals surface area (Å²) in [6.07, 6.45) is 0. The van der Waals surface area contributed by atoms with E-state index < -0.39 is 0 Å². The third-order valence-electron chi connectivity index (χ3n) is 0. The van der Waals surface area contributed by atoms with E-state index in [4.69, 9.17) is 0 Å². The van der Waals surface area contributed by atoms with Crippen molar-refractivity contribution in [1.29, 1.82) is 0 Å². The van der Waals surface area contributed by atoms with Gasteiger partial charge in [0.15, 0.2) is 0 Å². The smallest absolute Gasteiger partial charge is 0.870 e. The Morgan fingerprint density at radius 3 is 0.0938 bits per heavy atom. The van der Waals surface area contributed by atoms with Crippen LogP contribution in [-0.4, -0.2) is 492 Å². The van der Waals surface area contributed by atoms with Gasteiger partial charge in [-0.3, -0.25) is 0 Å². The van der Waals surface area contributed by atoms with Gasteiger partial charge in [0.05, 0.1) is 0 Å². The SMILES string of the molecule is [Ca+2].[Ca+2].[Ca+2].[Ca+2].[Ca+2].[Ca+2].[Ca+2].[Ca+2].[Ca+2].[Ca+2].[Na+].[OH-].[OH-].[OH-].[OH-].[OH-].[OH-].[OH-].[OH-].[OH-].[OH-].[OH-].[OH-].[OH-].[OH-].[OH-].[OH-].[OH-].[OH-].[OH-].[OH-].[OH-]. The van der Waals surface area contributed by atoms with Crippen molar-refractivity contribution >= 4 is 377 Å². The molecule has 0 atom stereocenters. The molecule has 0 aliphatic heterocycles. The van der Waals surface area contributed by atoms with Crippen LogP contribution in [-0.2, 0) is 0 Å². The predicted octanol–water partition coefficient (Wildman–Crippen LogP) is -10.5. The normalized spacial score (nSPS) is 0. The van der Waals surface area contributed by atoms with Gasteiger partial charge in [-0.05, 0) is 0 Å². The topological polar surface area (TPSA) is 630 Å². The summed E-state index contributed by atoms with van der Waals surface area (Å²) in [6, 6.07) is 0. The molecule has 0 aromatic rings. The maximum atomic E-state index is 0. The minimum absolute atomic E-state index is 0. The summed E-state index contributed by atoms with van der Waals surface area (Å²) in [4.78, 5) is 0. The Kier molecular flexibility index (Phi) is 8090. The molecule has 32 heavy (non-hydrogen) atoms. The zero-order chi connectivity index (χ0) is 0. The molecule has 0 aliphatic carbocycles. The van der Waals surface area contributed by atoms with Crippen LogP contribution in [0.3, 0.4) is 0 Å². The van der Waals surface area contributed by atoms with Gasteiger partial charge < -0.3 is 115 Å². The first kappa shape index (κ1) is 527. The van der Waals surface area contributed by atoms with Crippen molar-refractivity contribution in [2.24, 2.45) is 0 Å². The van der Waals surface area contributed by atoms with Crippen molar-refractivity contribution in [3.8, 4) is 0 Å². The molecule has 0 unspecified atom stereocenters. The number of hydrogen-bond donors (Lipinski definition) is 0. The van der Waals surface area contributed by atoms with Crippen LogP contribution in [0.1, 0.15) is 0 Å². The molecule has 168 valence electrons. The van der Waals surface area contributed by atoms with Gasteiger partial charge in [0.2, 0.25) is 0 Å². The van der Waals surface area contributed by atoms with Gasteiger partial charge >= 0.3 is 407 Å². The van der Waals surface area contributed by atoms with Crippen molar-refractivity contribution in [3.05, 3.63) is 0 Å². The third-order valence-corrected chi connectivity index (χ3v) is 0. The monoisotopic (exact) mass is 780 g/mol. The second-order valence-electron chi connectivity index (χ2n) is 0. The van der Waals surface area contributed by atoms with Crippen molar-refractivity contribution in [2.75, 3.05) is 0 Å². The van der Waals surface area contributed by atoms with Crippen LogP contribution in [0.25, 0.3) is 0 Å². The van der Waals surface area contributed by atoms with Gasteiger partial charge in [-0.15, -0.1) is 0 Å². The second kappa shape index (κ2) is 492. The van der Waals surface area contributed by atoms with Crippen LogP contribution in [0.4, 0.5) is 0 Å². The van der Waals surface area contributed by atoms with E-state index in [0.29, 0.717) is 0 Å². The molecular formula is H21Ca10NaO21. The number of rotatable bonds is 0. The van der Waals surface area contributed by atoms with Crippen LogP contribution >= 0.6 is 0 Å². The van der Waals surface area contributed by atoms with Crippen molar-refractivity contribution in [3.63, 3.8) is 0 Å². The standard InChI is InChI=1S/10Ca.Na.21H2O/h;;;;;;;;;;;21*1H2/q10*+2;+1;;;;;;;;;;;;;;;;;;;;;/p-21. The minimum atomic E-state index is 0. The summed E-state index contributed by atoms with van der Waals surface area (Å²) >= 11 is 0. The van der Waals surface area contributed by atoms with E-state index in [1.807, 2.05) is 0 Å². The maximum Gasteiger partial charge on any atom is 2.00 e. The van der Waals surface area contributed by atoms with Gasteiger partial charge in [-0.25, -0.2) is 0 Å². The molecule has 0 aromatic carbocycles. The zero-order valence-corrected chi connectivity index (χ0v) is 41.5. The molecule has 21 N–H and O–H groups in total. The Balaban J connectivity index is 0. The van der Waals surface area contributed by atoms with Crippen LogP contribution in [0.15, 0.2) is 0 Å². The summed E-state index contributed by atoms with van der Waals surface area (Å²) in [5.74, 6) is 0. The molecule has 0 spiro atoms. The molecule has 0 bridgehead atoms. The van der Waals surface area contributed by atoms with Gasteiger partial charge in [-0.1, -0.05) is 0 Å². The van der Waals surface area contributed by atoms with E-state index >= 15 is 0 Å². The average Bonchev–Trinajstić information content (AvgIpc) is 0. The Morgan fingerprint density at radius 1 is 0.0938 bits per heavy atom. The Hall–Kier alpha value is 12.8. The summed E-state index contributed by atoms with van der Waals surface area (Å²) < 4.78 is 0. The first-order valence-corrected chi connectivity index (χ1v) is 0. The van der Waals surface area contributed by atoms with E-state index in [1.165, 1.54) is 0 Å². The molecule has 0 rings (SSSR count). The van der Waals surface area contributed by atoms with Gasteiger partial charge in [0.1, 0.15) is 0 Å². The molecule has 21 nitrogen and oxygen atoms in total. The fourth-order valence-electron chi connectivity index (χ4n) is 0. The van der Waals surface area contributed by atoms with E-state index in [0.717, 1.165) is 0 Å². The fraction of sp³-hybridized carbons (Fsp3) is 0. The summed E-state index contributed by atoms with van der Waals surface area (Å²) in [5.41, 5.74) is 0. The Labute approximate surface area is 506 Å². The van der Waals surface area contributed by atoms with Crippen molar-refractivity contribution < 1.29 is 145 Å². The molecule has 0 fully saturated rings. The largest absolute Gasteiger partial charge is 2.00 e. The predicted molar refractivity (Wildman–Crippen MR) is 98.2 cm³/mol. The van der Waals surface area contributed by atoms with E-state index in [9.17, 15) is 0 Å². The Bertz CT molecular complexity index is 34.5. The molecule has 0 radical (unpaired) electrons. The maximum absolute atomic E-state index is 0. The average molecular weight is 781 g/mol. The third kappa shape index (κ3) is 458. The van der Waals surface area contributed by atoms with E-state index in [1.54, 1.807) is 0 Å². The molecule has 0 heterocycles. The van der Waals surface area contributed by atoms with Gasteiger partial charge in [0, 0.05) is 0 Å². The first-order valence-electron chi connectivity index (χ1n) is 0. The quantitative estimate of drug-likeness (QED) is 0.206. The van der Waals surface area contributed by atoms with Crippen LogP contribution < -0.4 is 29.6 Å². The molecular weight excluding hydrogens is 760 g/mol. The van der Waals surface area contributed by atoms with Crippen molar-refractivity contribution in [2.45, 2.75) is 0 Å². The van der Waals surface area contributed by atoms with Crippen LogP contribution in [0, 0.1) is 0 Å². The first-order chi connectivity index (χ1) is 0. The van der Waals surface area contributed by atoms with E-state index in [2.05, 4.69) is 0 Å². The Morgan fingerprint density at radius 2 is 0.0938 bits per heavy atom. The summed E-state index contributed by atoms with van der Waals surface area (Å²) in [5, 5.41) is 0. The van der Waals surface area contributed by atoms with Crippen molar-refractivity contribution in [1.82, 2.24) is 0 Å². The summed E-state index contributed by atoms with van der Waals surface area (Å²) in [7, 11) is 0. The summed E-state index contributed by atoms with van der Waals surface area (Å²) in [6.45, 7) is 0. The van der Waals surface area contributed by atoms with Gasteiger partial charge in [0.25, 0.3) is 0 Å². The molecule has 0 saturated carbocycles. The molecule has 0 saturated heterocycles. The van der Waals surface area contributed by atoms with Crippen LogP contribution in [0.2, 0.25) is 0 Å². The molecule has 0 aromatic heterocycles. The zero-order valence-electron chi connectivity index (χ0n) is 17.5. The van der Waals surface area contributed by atoms with Crippen LogP contribution in [0.5, 0.6) is 0 Å². The minimum Gasteiger partial charge on any atom is -0.870 e. The second-order valence-corrected chi connectivity index (χ2v) is 0. The molecule has 32 heteroatoms.